The first-order valence-electron chi connectivity index (χ1n) is 10.5. The fourth-order valence-corrected chi connectivity index (χ4v) is 4.05. The molecule has 0 spiro atoms. The number of hydrogen-bond donors (Lipinski definition) is 1. The highest BCUT2D eigenvalue weighted by atomic mass is 19.2. The Labute approximate surface area is 183 Å². The van der Waals surface area contributed by atoms with Crippen molar-refractivity contribution in [2.24, 2.45) is 0 Å². The van der Waals surface area contributed by atoms with Crippen LogP contribution in [0.3, 0.4) is 0 Å². The average Bonchev–Trinajstić information content (AvgIpc) is 3.21. The summed E-state index contributed by atoms with van der Waals surface area (Å²) in [6.45, 7) is 4.12. The molecule has 0 radical (unpaired) electrons. The Morgan fingerprint density at radius 3 is 2.38 bits per heavy atom. The number of fused-ring (bicyclic) bond motifs is 1. The molecule has 0 atom stereocenters. The predicted octanol–water partition coefficient (Wildman–Crippen LogP) is 2.85. The third-order valence-corrected chi connectivity index (χ3v) is 5.72. The van der Waals surface area contributed by atoms with Gasteiger partial charge in [-0.3, -0.25) is 9.88 Å². The summed E-state index contributed by atoms with van der Waals surface area (Å²) in [5, 5.41) is 14.0. The average molecular weight is 436 g/mol. The molecule has 1 aromatic carbocycles. The number of aliphatic hydroxyl groups excluding tert-OH is 1. The summed E-state index contributed by atoms with van der Waals surface area (Å²) >= 11 is 0. The summed E-state index contributed by atoms with van der Waals surface area (Å²) < 4.78 is 29.3. The highest BCUT2D eigenvalue weighted by Crippen LogP contribution is 2.33. The van der Waals surface area contributed by atoms with Crippen molar-refractivity contribution >= 4 is 11.5 Å². The Hall–Kier alpha value is -3.43. The van der Waals surface area contributed by atoms with E-state index in [4.69, 9.17) is 10.2 Å². The molecule has 0 saturated carbocycles. The van der Waals surface area contributed by atoms with Crippen LogP contribution in [0, 0.1) is 11.6 Å². The summed E-state index contributed by atoms with van der Waals surface area (Å²) in [5.41, 5.74) is 3.12. The standard InChI is InChI=1S/C23H22F2N6O/c24-18-2-1-17(15-19(18)25)22-23(16-5-7-26-8-6-16)31-20(27-22)3-4-21(28-31)30-11-9-29(10-12-30)13-14-32/h1-8,15,32H,9-14H2. The zero-order chi connectivity index (χ0) is 22.1. The molecule has 4 heterocycles. The van der Waals surface area contributed by atoms with Crippen LogP contribution in [-0.2, 0) is 0 Å². The second-order valence-electron chi connectivity index (χ2n) is 7.69. The minimum absolute atomic E-state index is 0.154. The smallest absolute Gasteiger partial charge is 0.159 e. The second kappa shape index (κ2) is 8.60. The van der Waals surface area contributed by atoms with Crippen LogP contribution in [0.5, 0.6) is 0 Å². The Balaban J connectivity index is 1.60. The molecule has 5 rings (SSSR count). The molecule has 1 N–H and O–H groups in total. The van der Waals surface area contributed by atoms with Gasteiger partial charge in [-0.2, -0.15) is 0 Å². The number of benzene rings is 1. The van der Waals surface area contributed by atoms with Gasteiger partial charge >= 0.3 is 0 Å². The van der Waals surface area contributed by atoms with Gasteiger partial charge < -0.3 is 10.0 Å². The molecule has 7 nitrogen and oxygen atoms in total. The molecule has 0 aliphatic carbocycles. The quantitative estimate of drug-likeness (QED) is 0.519. The molecule has 1 fully saturated rings. The molecule has 164 valence electrons. The first-order chi connectivity index (χ1) is 15.6. The van der Waals surface area contributed by atoms with Crippen molar-refractivity contribution in [1.82, 2.24) is 24.5 Å². The number of piperazine rings is 1. The van der Waals surface area contributed by atoms with Crippen LogP contribution >= 0.6 is 0 Å². The van der Waals surface area contributed by atoms with Crippen LogP contribution < -0.4 is 4.90 Å². The van der Waals surface area contributed by atoms with E-state index in [0.29, 0.717) is 29.1 Å². The maximum atomic E-state index is 14.0. The monoisotopic (exact) mass is 436 g/mol. The van der Waals surface area contributed by atoms with Crippen LogP contribution in [0.2, 0.25) is 0 Å². The lowest BCUT2D eigenvalue weighted by Crippen LogP contribution is -2.47. The third-order valence-electron chi connectivity index (χ3n) is 5.72. The summed E-state index contributed by atoms with van der Waals surface area (Å²) in [5.74, 6) is -1.01. The molecule has 0 unspecified atom stereocenters. The van der Waals surface area contributed by atoms with Crippen molar-refractivity contribution in [3.63, 3.8) is 0 Å². The maximum absolute atomic E-state index is 14.0. The first-order valence-corrected chi connectivity index (χ1v) is 10.5. The van der Waals surface area contributed by atoms with E-state index in [1.54, 1.807) is 16.9 Å². The minimum atomic E-state index is -0.922. The van der Waals surface area contributed by atoms with Gasteiger partial charge in [0.25, 0.3) is 0 Å². The number of halogens is 2. The number of pyridine rings is 1. The molecule has 32 heavy (non-hydrogen) atoms. The third kappa shape index (κ3) is 3.80. The second-order valence-corrected chi connectivity index (χ2v) is 7.69. The number of rotatable bonds is 5. The van der Waals surface area contributed by atoms with E-state index < -0.39 is 11.6 Å². The van der Waals surface area contributed by atoms with Gasteiger partial charge in [0.2, 0.25) is 0 Å². The highest BCUT2D eigenvalue weighted by molar-refractivity contribution is 5.81. The van der Waals surface area contributed by atoms with Crippen LogP contribution in [0.25, 0.3) is 28.2 Å². The van der Waals surface area contributed by atoms with E-state index >= 15 is 0 Å². The van der Waals surface area contributed by atoms with E-state index in [2.05, 4.69) is 19.8 Å². The number of nitrogens with zero attached hydrogens (tertiary/aromatic N) is 6. The van der Waals surface area contributed by atoms with Crippen LogP contribution in [0.1, 0.15) is 0 Å². The van der Waals surface area contributed by atoms with E-state index in [1.165, 1.54) is 6.07 Å². The van der Waals surface area contributed by atoms with Crippen molar-refractivity contribution in [3.05, 3.63) is 66.5 Å². The van der Waals surface area contributed by atoms with E-state index in [-0.39, 0.29) is 6.61 Å². The molecule has 9 heteroatoms. The van der Waals surface area contributed by atoms with Gasteiger partial charge in [0.15, 0.2) is 17.3 Å². The molecule has 0 bridgehead atoms. The minimum Gasteiger partial charge on any atom is -0.395 e. The largest absolute Gasteiger partial charge is 0.395 e. The van der Waals surface area contributed by atoms with Gasteiger partial charge in [-0.25, -0.2) is 18.3 Å². The van der Waals surface area contributed by atoms with Gasteiger partial charge in [0.05, 0.1) is 12.3 Å². The number of aromatic nitrogens is 4. The summed E-state index contributed by atoms with van der Waals surface area (Å²) in [4.78, 5) is 13.2. The maximum Gasteiger partial charge on any atom is 0.159 e. The van der Waals surface area contributed by atoms with E-state index in [1.807, 2.05) is 24.3 Å². The van der Waals surface area contributed by atoms with Crippen molar-refractivity contribution in [2.45, 2.75) is 0 Å². The number of anilines is 1. The zero-order valence-electron chi connectivity index (χ0n) is 17.3. The lowest BCUT2D eigenvalue weighted by Gasteiger charge is -2.34. The first kappa shape index (κ1) is 20.5. The van der Waals surface area contributed by atoms with Gasteiger partial charge in [0.1, 0.15) is 11.5 Å². The molecule has 3 aromatic heterocycles. The lowest BCUT2D eigenvalue weighted by atomic mass is 10.1. The number of aliphatic hydroxyl groups is 1. The van der Waals surface area contributed by atoms with Gasteiger partial charge in [-0.15, -0.1) is 5.10 Å². The molecule has 4 aromatic rings. The normalized spacial score (nSPS) is 14.9. The van der Waals surface area contributed by atoms with Gasteiger partial charge in [0, 0.05) is 56.2 Å². The zero-order valence-corrected chi connectivity index (χ0v) is 17.3. The fraction of sp³-hybridized carbons (Fsp3) is 0.261. The Kier molecular flexibility index (Phi) is 5.50. The van der Waals surface area contributed by atoms with Crippen molar-refractivity contribution in [2.75, 3.05) is 44.2 Å². The Morgan fingerprint density at radius 2 is 1.66 bits per heavy atom. The van der Waals surface area contributed by atoms with E-state index in [9.17, 15) is 8.78 Å². The Bertz CT molecular complexity index is 1240. The number of imidazole rings is 1. The summed E-state index contributed by atoms with van der Waals surface area (Å²) in [6, 6.07) is 11.3. The lowest BCUT2D eigenvalue weighted by molar-refractivity contribution is 0.188. The predicted molar refractivity (Wildman–Crippen MR) is 117 cm³/mol. The van der Waals surface area contributed by atoms with Crippen molar-refractivity contribution in [1.29, 1.82) is 0 Å². The molecule has 1 saturated heterocycles. The molecular formula is C23H22F2N6O. The summed E-state index contributed by atoms with van der Waals surface area (Å²) in [7, 11) is 0. The SMILES string of the molecule is OCCN1CCN(c2ccc3nc(-c4ccc(F)c(F)c4)c(-c4ccncc4)n3n2)CC1. The van der Waals surface area contributed by atoms with Gasteiger partial charge in [-0.05, 0) is 42.5 Å². The summed E-state index contributed by atoms with van der Waals surface area (Å²) in [6.07, 6.45) is 3.35. The Morgan fingerprint density at radius 1 is 0.875 bits per heavy atom. The van der Waals surface area contributed by atoms with Crippen LogP contribution in [0.4, 0.5) is 14.6 Å². The van der Waals surface area contributed by atoms with Gasteiger partial charge in [-0.1, -0.05) is 0 Å². The highest BCUT2D eigenvalue weighted by Gasteiger charge is 2.21. The molecule has 0 amide bonds. The number of hydrogen-bond acceptors (Lipinski definition) is 6. The topological polar surface area (TPSA) is 69.8 Å². The molecule has 1 aliphatic rings. The van der Waals surface area contributed by atoms with Crippen molar-refractivity contribution in [3.8, 4) is 22.5 Å². The van der Waals surface area contributed by atoms with Crippen molar-refractivity contribution < 1.29 is 13.9 Å². The van der Waals surface area contributed by atoms with Crippen LogP contribution in [0.15, 0.2) is 54.9 Å². The molecule has 1 aliphatic heterocycles. The number of β-amino-alcohol motifs (C(OH)–C–C–N with tert-alkyl or cyclic N) is 1. The fourth-order valence-electron chi connectivity index (χ4n) is 4.05. The van der Waals surface area contributed by atoms with Crippen LogP contribution in [-0.4, -0.2) is 68.9 Å². The molecular weight excluding hydrogens is 414 g/mol. The van der Waals surface area contributed by atoms with E-state index in [0.717, 1.165) is 49.7 Å².